The topological polar surface area (TPSA) is 38.3 Å². The van der Waals surface area contributed by atoms with Crippen molar-refractivity contribution in [3.8, 4) is 5.75 Å². The molecule has 0 aliphatic heterocycles. The molecule has 1 amide bonds. The summed E-state index contributed by atoms with van der Waals surface area (Å²) in [4.78, 5) is 12.2. The van der Waals surface area contributed by atoms with E-state index >= 15 is 0 Å². The molecule has 4 heteroatoms. The van der Waals surface area contributed by atoms with E-state index in [1.54, 1.807) is 0 Å². The molecule has 0 unspecified atom stereocenters. The number of aryl methyl sites for hydroxylation is 1. The Morgan fingerprint density at radius 3 is 2.65 bits per heavy atom. The molecule has 0 radical (unpaired) electrons. The van der Waals surface area contributed by atoms with Crippen LogP contribution in [0.15, 0.2) is 53.0 Å². The van der Waals surface area contributed by atoms with E-state index in [9.17, 15) is 4.79 Å². The van der Waals surface area contributed by atoms with Crippen molar-refractivity contribution in [3.05, 3.63) is 64.1 Å². The Labute approximate surface area is 145 Å². The van der Waals surface area contributed by atoms with E-state index in [0.29, 0.717) is 11.7 Å². The summed E-state index contributed by atoms with van der Waals surface area (Å²) in [7, 11) is 0. The zero-order valence-electron chi connectivity index (χ0n) is 13.1. The Morgan fingerprint density at radius 2 is 2.00 bits per heavy atom. The van der Waals surface area contributed by atoms with E-state index in [2.05, 4.69) is 52.4 Å². The molecule has 1 fully saturated rings. The molecule has 0 spiro atoms. The van der Waals surface area contributed by atoms with Crippen molar-refractivity contribution in [2.24, 2.45) is 5.92 Å². The van der Waals surface area contributed by atoms with Gasteiger partial charge in [-0.2, -0.15) is 0 Å². The number of ether oxygens (including phenoxy) is 1. The van der Waals surface area contributed by atoms with E-state index in [4.69, 9.17) is 4.74 Å². The third-order valence-electron chi connectivity index (χ3n) is 4.01. The van der Waals surface area contributed by atoms with Gasteiger partial charge in [-0.15, -0.1) is 0 Å². The molecular weight excluding hydrogens is 354 g/mol. The molecule has 23 heavy (non-hydrogen) atoms. The van der Waals surface area contributed by atoms with Crippen LogP contribution in [-0.4, -0.2) is 12.5 Å². The van der Waals surface area contributed by atoms with Crippen LogP contribution in [0.5, 0.6) is 5.75 Å². The van der Waals surface area contributed by atoms with E-state index in [0.717, 1.165) is 4.47 Å². The standard InChI is InChI=1S/C19H20BrNO2/c1-13-5-7-14(8-6-13)19(15-9-10-15)21-18(22)12-23-17-4-2-3-16(20)11-17/h2-8,11,15,19H,9-10,12H2,1H3,(H,21,22)/t19-/m1/s1. The van der Waals surface area contributed by atoms with Crippen LogP contribution in [0.25, 0.3) is 0 Å². The van der Waals surface area contributed by atoms with Gasteiger partial charge < -0.3 is 10.1 Å². The lowest BCUT2D eigenvalue weighted by Crippen LogP contribution is -2.33. The van der Waals surface area contributed by atoms with Crippen molar-refractivity contribution >= 4 is 21.8 Å². The average Bonchev–Trinajstić information content (AvgIpc) is 3.36. The van der Waals surface area contributed by atoms with Gasteiger partial charge in [-0.05, 0) is 49.4 Å². The van der Waals surface area contributed by atoms with E-state index in [1.165, 1.54) is 24.0 Å². The summed E-state index contributed by atoms with van der Waals surface area (Å²) < 4.78 is 6.50. The summed E-state index contributed by atoms with van der Waals surface area (Å²) in [5.74, 6) is 1.16. The smallest absolute Gasteiger partial charge is 0.258 e. The van der Waals surface area contributed by atoms with Gasteiger partial charge in [0.2, 0.25) is 0 Å². The maximum absolute atomic E-state index is 12.2. The molecule has 0 saturated heterocycles. The fourth-order valence-electron chi connectivity index (χ4n) is 2.60. The molecule has 0 heterocycles. The number of rotatable bonds is 6. The van der Waals surface area contributed by atoms with Gasteiger partial charge in [0.25, 0.3) is 5.91 Å². The van der Waals surface area contributed by atoms with Gasteiger partial charge in [-0.1, -0.05) is 51.8 Å². The molecule has 1 aliphatic carbocycles. The van der Waals surface area contributed by atoms with Gasteiger partial charge in [0.15, 0.2) is 6.61 Å². The van der Waals surface area contributed by atoms with Crippen LogP contribution < -0.4 is 10.1 Å². The second-order valence-electron chi connectivity index (χ2n) is 6.04. The summed E-state index contributed by atoms with van der Waals surface area (Å²) in [5.41, 5.74) is 2.40. The highest BCUT2D eigenvalue weighted by molar-refractivity contribution is 9.10. The molecule has 3 nitrogen and oxygen atoms in total. The normalized spacial score (nSPS) is 15.0. The molecule has 1 N–H and O–H groups in total. The monoisotopic (exact) mass is 373 g/mol. The SMILES string of the molecule is Cc1ccc([C@@H](NC(=O)COc2cccc(Br)c2)C2CC2)cc1. The van der Waals surface area contributed by atoms with Crippen molar-refractivity contribution < 1.29 is 9.53 Å². The Bertz CT molecular complexity index is 680. The van der Waals surface area contributed by atoms with Crippen LogP contribution in [0, 0.1) is 12.8 Å². The van der Waals surface area contributed by atoms with Gasteiger partial charge in [0, 0.05) is 4.47 Å². The van der Waals surface area contributed by atoms with Gasteiger partial charge in [-0.3, -0.25) is 4.79 Å². The van der Waals surface area contributed by atoms with E-state index < -0.39 is 0 Å². The number of carbonyl (C=O) groups is 1. The first-order chi connectivity index (χ1) is 11.1. The maximum Gasteiger partial charge on any atom is 0.258 e. The van der Waals surface area contributed by atoms with Crippen LogP contribution in [0.2, 0.25) is 0 Å². The second kappa shape index (κ2) is 7.18. The molecule has 1 saturated carbocycles. The first kappa shape index (κ1) is 16.1. The van der Waals surface area contributed by atoms with Crippen molar-refractivity contribution in [3.63, 3.8) is 0 Å². The number of nitrogens with one attached hydrogen (secondary N) is 1. The molecule has 0 aromatic heterocycles. The van der Waals surface area contributed by atoms with Crippen LogP contribution in [0.1, 0.15) is 30.0 Å². The molecular formula is C19H20BrNO2. The van der Waals surface area contributed by atoms with E-state index in [1.807, 2.05) is 24.3 Å². The molecule has 1 aliphatic rings. The largest absolute Gasteiger partial charge is 0.484 e. The van der Waals surface area contributed by atoms with Crippen LogP contribution in [0.3, 0.4) is 0 Å². The summed E-state index contributed by atoms with van der Waals surface area (Å²) in [6.07, 6.45) is 2.34. The lowest BCUT2D eigenvalue weighted by atomic mass is 10.0. The summed E-state index contributed by atoms with van der Waals surface area (Å²) in [5, 5.41) is 3.12. The Hall–Kier alpha value is -1.81. The summed E-state index contributed by atoms with van der Waals surface area (Å²) >= 11 is 3.39. The zero-order valence-corrected chi connectivity index (χ0v) is 14.7. The van der Waals surface area contributed by atoms with Gasteiger partial charge in [0.05, 0.1) is 6.04 Å². The highest BCUT2D eigenvalue weighted by Gasteiger charge is 2.33. The maximum atomic E-state index is 12.2. The average molecular weight is 374 g/mol. The summed E-state index contributed by atoms with van der Waals surface area (Å²) in [6.45, 7) is 2.10. The predicted molar refractivity (Wildman–Crippen MR) is 94.4 cm³/mol. The Balaban J connectivity index is 1.59. The molecule has 120 valence electrons. The fraction of sp³-hybridized carbons (Fsp3) is 0.316. The molecule has 3 rings (SSSR count). The number of hydrogen-bond acceptors (Lipinski definition) is 2. The predicted octanol–water partition coefficient (Wildman–Crippen LogP) is 4.40. The van der Waals surface area contributed by atoms with Crippen molar-refractivity contribution in [1.29, 1.82) is 0 Å². The first-order valence-corrected chi connectivity index (χ1v) is 8.65. The minimum absolute atomic E-state index is 0.0333. The number of hydrogen-bond donors (Lipinski definition) is 1. The lowest BCUT2D eigenvalue weighted by Gasteiger charge is -2.19. The van der Waals surface area contributed by atoms with Gasteiger partial charge in [-0.25, -0.2) is 0 Å². The third kappa shape index (κ3) is 4.58. The number of halogens is 1. The first-order valence-electron chi connectivity index (χ1n) is 7.86. The Morgan fingerprint density at radius 1 is 1.26 bits per heavy atom. The van der Waals surface area contributed by atoms with Crippen LogP contribution >= 0.6 is 15.9 Å². The lowest BCUT2D eigenvalue weighted by molar-refractivity contribution is -0.124. The van der Waals surface area contributed by atoms with Crippen molar-refractivity contribution in [2.75, 3.05) is 6.61 Å². The molecule has 1 atom stereocenters. The third-order valence-corrected chi connectivity index (χ3v) is 4.51. The molecule has 2 aromatic carbocycles. The highest BCUT2D eigenvalue weighted by Crippen LogP contribution is 2.41. The van der Waals surface area contributed by atoms with Crippen LogP contribution in [0.4, 0.5) is 0 Å². The van der Waals surface area contributed by atoms with Gasteiger partial charge >= 0.3 is 0 Å². The van der Waals surface area contributed by atoms with Crippen LogP contribution in [-0.2, 0) is 4.79 Å². The number of benzene rings is 2. The number of carbonyl (C=O) groups excluding carboxylic acids is 1. The fourth-order valence-corrected chi connectivity index (χ4v) is 2.98. The summed E-state index contributed by atoms with van der Waals surface area (Å²) in [6, 6.07) is 16.0. The minimum Gasteiger partial charge on any atom is -0.484 e. The second-order valence-corrected chi connectivity index (χ2v) is 6.96. The highest BCUT2D eigenvalue weighted by atomic mass is 79.9. The van der Waals surface area contributed by atoms with Gasteiger partial charge in [0.1, 0.15) is 5.75 Å². The molecule has 0 bridgehead atoms. The van der Waals surface area contributed by atoms with Crippen molar-refractivity contribution in [1.82, 2.24) is 5.32 Å². The minimum atomic E-state index is -0.0811. The zero-order chi connectivity index (χ0) is 16.2. The van der Waals surface area contributed by atoms with Crippen molar-refractivity contribution in [2.45, 2.75) is 25.8 Å². The van der Waals surface area contributed by atoms with E-state index in [-0.39, 0.29) is 18.6 Å². The Kier molecular flexibility index (Phi) is 5.01. The quantitative estimate of drug-likeness (QED) is 0.814. The molecule has 2 aromatic rings. The number of amides is 1.